The normalized spacial score (nSPS) is 13.6. The maximum atomic E-state index is 12.7. The van der Waals surface area contributed by atoms with E-state index in [0.717, 1.165) is 0 Å². The molecule has 0 spiro atoms. The van der Waals surface area contributed by atoms with Crippen LogP contribution in [0.4, 0.5) is 5.69 Å². The Kier molecular flexibility index (Phi) is 5.54. The Balaban J connectivity index is 1.96. The van der Waals surface area contributed by atoms with E-state index in [1.54, 1.807) is 6.07 Å². The van der Waals surface area contributed by atoms with Gasteiger partial charge in [-0.25, -0.2) is 0 Å². The number of fused-ring (bicyclic) bond motifs is 1. The van der Waals surface area contributed by atoms with Crippen LogP contribution in [0.15, 0.2) is 42.2 Å². The largest absolute Gasteiger partial charge is 0.507 e. The Bertz CT molecular complexity index is 1090. The number of benzene rings is 2. The first kappa shape index (κ1) is 19.5. The summed E-state index contributed by atoms with van der Waals surface area (Å²) in [4.78, 5) is 23.7. The Labute approximate surface area is 165 Å². The minimum Gasteiger partial charge on any atom is -0.507 e. The molecule has 1 aliphatic heterocycles. The fourth-order valence-corrected chi connectivity index (χ4v) is 3.01. The number of quaternary nitrogens is 1. The third-order valence-electron chi connectivity index (χ3n) is 4.38. The van der Waals surface area contributed by atoms with Crippen molar-refractivity contribution in [3.63, 3.8) is 0 Å². The van der Waals surface area contributed by atoms with Crippen LogP contribution in [0, 0.1) is 32.8 Å². The molecule has 2 N–H and O–H groups in total. The molecule has 0 aromatic heterocycles. The molecule has 9 nitrogen and oxygen atoms in total. The number of carbonyl (C=O) groups is 1. The number of rotatable bonds is 6. The number of Topliss-reactive ketones (excluding diaryl/α,β-unsaturated/α-hetero) is 1. The number of ketones is 1. The number of nitro groups is 1. The van der Waals surface area contributed by atoms with E-state index in [9.17, 15) is 20.0 Å². The van der Waals surface area contributed by atoms with Crippen molar-refractivity contribution in [1.29, 1.82) is 10.5 Å². The van der Waals surface area contributed by atoms with Crippen molar-refractivity contribution in [2.24, 2.45) is 0 Å². The van der Waals surface area contributed by atoms with Crippen LogP contribution < -0.4 is 9.64 Å². The van der Waals surface area contributed by atoms with Crippen LogP contribution in [0.1, 0.15) is 21.5 Å². The highest BCUT2D eigenvalue weighted by Crippen LogP contribution is 2.39. The lowest BCUT2D eigenvalue weighted by Crippen LogP contribution is -3.10. The molecule has 1 heterocycles. The molecule has 0 radical (unpaired) electrons. The molecule has 0 saturated carbocycles. The summed E-state index contributed by atoms with van der Waals surface area (Å²) in [6.07, 6.45) is 1.39. The van der Waals surface area contributed by atoms with Gasteiger partial charge in [0.2, 0.25) is 5.78 Å². The predicted octanol–water partition coefficient (Wildman–Crippen LogP) is 1.35. The average Bonchev–Trinajstić information content (AvgIpc) is 3.00. The Hall–Kier alpha value is -4.21. The van der Waals surface area contributed by atoms with Crippen LogP contribution in [0.5, 0.6) is 11.5 Å². The number of phenols is 1. The summed E-state index contributed by atoms with van der Waals surface area (Å²) in [7, 11) is 0. The smallest absolute Gasteiger partial charge is 0.270 e. The number of nitriles is 2. The summed E-state index contributed by atoms with van der Waals surface area (Å²) in [5, 5.41) is 39.0. The Morgan fingerprint density at radius 2 is 1.93 bits per heavy atom. The van der Waals surface area contributed by atoms with Crippen molar-refractivity contribution in [2.75, 3.05) is 13.1 Å². The Morgan fingerprint density at radius 1 is 1.21 bits per heavy atom. The molecule has 0 fully saturated rings. The third-order valence-corrected chi connectivity index (χ3v) is 4.38. The minimum atomic E-state index is -0.536. The predicted molar refractivity (Wildman–Crippen MR) is 99.8 cm³/mol. The number of non-ortho nitro benzene ring substituents is 1. The average molecular weight is 391 g/mol. The molecular formula is C20H15N4O5+. The van der Waals surface area contributed by atoms with E-state index in [2.05, 4.69) is 0 Å². The lowest BCUT2D eigenvalue weighted by molar-refractivity contribution is -0.899. The number of hydrogen-bond acceptors (Lipinski definition) is 7. The molecule has 0 bridgehead atoms. The van der Waals surface area contributed by atoms with E-state index in [4.69, 9.17) is 15.3 Å². The van der Waals surface area contributed by atoms with Crippen molar-refractivity contribution in [2.45, 2.75) is 6.54 Å². The maximum absolute atomic E-state index is 12.7. The first-order valence-corrected chi connectivity index (χ1v) is 8.55. The van der Waals surface area contributed by atoms with Crippen molar-refractivity contribution in [3.05, 3.63) is 69.0 Å². The topological polar surface area (TPSA) is 142 Å². The van der Waals surface area contributed by atoms with E-state index in [0.29, 0.717) is 16.0 Å². The van der Waals surface area contributed by atoms with Crippen LogP contribution in [-0.4, -0.2) is 28.9 Å². The van der Waals surface area contributed by atoms with Gasteiger partial charge >= 0.3 is 0 Å². The number of carbonyl (C=O) groups excluding carboxylic acids is 1. The molecule has 1 aliphatic rings. The van der Waals surface area contributed by atoms with Gasteiger partial charge in [-0.1, -0.05) is 12.1 Å². The number of nitrogens with one attached hydrogen (secondary N) is 1. The van der Waals surface area contributed by atoms with Crippen molar-refractivity contribution < 1.29 is 24.5 Å². The molecular weight excluding hydrogens is 376 g/mol. The highest BCUT2D eigenvalue weighted by atomic mass is 16.6. The third kappa shape index (κ3) is 4.05. The number of nitrogens with zero attached hydrogens (tertiary/aromatic N) is 3. The lowest BCUT2D eigenvalue weighted by atomic mass is 10.0. The van der Waals surface area contributed by atoms with Crippen LogP contribution >= 0.6 is 0 Å². The van der Waals surface area contributed by atoms with Crippen LogP contribution in [0.3, 0.4) is 0 Å². The van der Waals surface area contributed by atoms with Crippen LogP contribution in [-0.2, 0) is 6.54 Å². The van der Waals surface area contributed by atoms with Crippen LogP contribution in [0.25, 0.3) is 6.08 Å². The molecule has 0 unspecified atom stereocenters. The zero-order chi connectivity index (χ0) is 21.0. The molecule has 0 aliphatic carbocycles. The number of phenolic OH excluding ortho intramolecular Hbond substituents is 1. The van der Waals surface area contributed by atoms with Crippen molar-refractivity contribution in [3.8, 4) is 23.6 Å². The van der Waals surface area contributed by atoms with Gasteiger partial charge in [0.1, 0.15) is 24.4 Å². The summed E-state index contributed by atoms with van der Waals surface area (Å²) in [6, 6.07) is 12.5. The second kappa shape index (κ2) is 8.21. The van der Waals surface area contributed by atoms with E-state index in [1.165, 1.54) is 36.4 Å². The van der Waals surface area contributed by atoms with Gasteiger partial charge in [0, 0.05) is 12.1 Å². The molecule has 0 saturated heterocycles. The maximum Gasteiger partial charge on any atom is 0.270 e. The zero-order valence-electron chi connectivity index (χ0n) is 15.1. The van der Waals surface area contributed by atoms with Crippen molar-refractivity contribution >= 4 is 17.5 Å². The van der Waals surface area contributed by atoms with Gasteiger partial charge < -0.3 is 14.7 Å². The summed E-state index contributed by atoms with van der Waals surface area (Å²) in [5.41, 5.74) is 0.858. The fraction of sp³-hybridized carbons (Fsp3) is 0.150. The number of aromatic hydroxyl groups is 1. The molecule has 0 amide bonds. The van der Waals surface area contributed by atoms with Gasteiger partial charge in [0.15, 0.2) is 24.6 Å². The van der Waals surface area contributed by atoms with Gasteiger partial charge in [-0.05, 0) is 23.8 Å². The standard InChI is InChI=1S/C20H14N4O5/c21-6-8-23(9-7-22)12-16-17(25)5-4-15-19(26)18(29-20(15)16)11-13-2-1-3-14(10-13)24(27)28/h1-5,10-11,25H,8-9,12H2/p+1/b18-11-. The summed E-state index contributed by atoms with van der Waals surface area (Å²) in [5.74, 6) is -0.397. The van der Waals surface area contributed by atoms with Gasteiger partial charge in [0.25, 0.3) is 5.69 Å². The minimum absolute atomic E-state index is 0.0329. The summed E-state index contributed by atoms with van der Waals surface area (Å²) < 4.78 is 5.70. The second-order valence-corrected chi connectivity index (χ2v) is 6.33. The summed E-state index contributed by atoms with van der Waals surface area (Å²) >= 11 is 0. The highest BCUT2D eigenvalue weighted by molar-refractivity contribution is 6.15. The SMILES string of the molecule is N#CC[NH+](CC#N)Cc1c(O)ccc2c1O/C(=C\c1cccc([N+](=O)[O-])c1)C2=O. The molecule has 9 heteroatoms. The first-order valence-electron chi connectivity index (χ1n) is 8.55. The molecule has 144 valence electrons. The second-order valence-electron chi connectivity index (χ2n) is 6.33. The van der Waals surface area contributed by atoms with E-state index in [1.807, 2.05) is 12.1 Å². The molecule has 3 rings (SSSR count). The molecule has 2 aromatic carbocycles. The van der Waals surface area contributed by atoms with Crippen molar-refractivity contribution in [1.82, 2.24) is 0 Å². The zero-order valence-corrected chi connectivity index (χ0v) is 15.1. The number of ether oxygens (including phenoxy) is 1. The monoisotopic (exact) mass is 391 g/mol. The summed E-state index contributed by atoms with van der Waals surface area (Å²) in [6.45, 7) is 0.204. The quantitative estimate of drug-likeness (QED) is 0.327. The van der Waals surface area contributed by atoms with Gasteiger partial charge in [-0.3, -0.25) is 14.9 Å². The van der Waals surface area contributed by atoms with E-state index < -0.39 is 10.7 Å². The van der Waals surface area contributed by atoms with Gasteiger partial charge in [-0.15, -0.1) is 0 Å². The van der Waals surface area contributed by atoms with Crippen LogP contribution in [0.2, 0.25) is 0 Å². The number of nitro benzene ring substituents is 1. The molecule has 29 heavy (non-hydrogen) atoms. The van der Waals surface area contributed by atoms with Gasteiger partial charge in [-0.2, -0.15) is 10.5 Å². The molecule has 2 aromatic rings. The number of hydrogen-bond donors (Lipinski definition) is 2. The van der Waals surface area contributed by atoms with E-state index >= 15 is 0 Å². The lowest BCUT2D eigenvalue weighted by Gasteiger charge is -2.15. The molecule has 0 atom stereocenters. The Morgan fingerprint density at radius 3 is 2.59 bits per heavy atom. The van der Waals surface area contributed by atoms with E-state index in [-0.39, 0.29) is 48.1 Å². The fourth-order valence-electron chi connectivity index (χ4n) is 3.01. The number of allylic oxidation sites excluding steroid dienone is 1. The highest BCUT2D eigenvalue weighted by Gasteiger charge is 2.32. The van der Waals surface area contributed by atoms with Gasteiger partial charge in [0.05, 0.1) is 16.1 Å². The first-order chi connectivity index (χ1) is 13.9.